The van der Waals surface area contributed by atoms with E-state index in [1.807, 2.05) is 17.0 Å². The largest absolute Gasteiger partial charge is 0.383 e. The van der Waals surface area contributed by atoms with Gasteiger partial charge in [-0.05, 0) is 17.7 Å². The Hall–Kier alpha value is -2.90. The van der Waals surface area contributed by atoms with Gasteiger partial charge in [-0.3, -0.25) is 4.90 Å². The molecule has 2 heterocycles. The van der Waals surface area contributed by atoms with Crippen LogP contribution < -0.4 is 5.32 Å². The highest BCUT2D eigenvalue weighted by Crippen LogP contribution is 2.20. The van der Waals surface area contributed by atoms with E-state index in [0.717, 1.165) is 56.1 Å². The lowest BCUT2D eigenvalue weighted by atomic mass is 10.2. The van der Waals surface area contributed by atoms with Crippen LogP contribution in [0, 0.1) is 0 Å². The molecule has 2 amide bonds. The highest BCUT2D eigenvalue weighted by Gasteiger charge is 2.22. The number of hydrogen-bond donors (Lipinski definition) is 1. The normalized spacial score (nSPS) is 14.9. The average Bonchev–Trinajstić information content (AvgIpc) is 3.12. The van der Waals surface area contributed by atoms with Crippen LogP contribution in [0.2, 0.25) is 0 Å². The van der Waals surface area contributed by atoms with Gasteiger partial charge in [-0.15, -0.1) is 0 Å². The zero-order valence-corrected chi connectivity index (χ0v) is 17.5. The summed E-state index contributed by atoms with van der Waals surface area (Å²) in [5, 5.41) is 2.90. The lowest BCUT2D eigenvalue weighted by Crippen LogP contribution is -2.52. The van der Waals surface area contributed by atoms with E-state index in [9.17, 15) is 4.79 Å². The van der Waals surface area contributed by atoms with Crippen molar-refractivity contribution in [3.63, 3.8) is 0 Å². The number of rotatable bonds is 7. The summed E-state index contributed by atoms with van der Waals surface area (Å²) < 4.78 is 7.30. The molecule has 1 fully saturated rings. The molecule has 30 heavy (non-hydrogen) atoms. The number of urea groups is 1. The lowest BCUT2D eigenvalue weighted by molar-refractivity contribution is 0.130. The molecule has 7 nitrogen and oxygen atoms in total. The number of nitrogens with one attached hydrogen (secondary N) is 1. The van der Waals surface area contributed by atoms with Gasteiger partial charge in [-0.2, -0.15) is 0 Å². The molecule has 0 aliphatic carbocycles. The summed E-state index contributed by atoms with van der Waals surface area (Å²) in [5.74, 6) is 1.07. The molecule has 158 valence electrons. The number of para-hydroxylation sites is 2. The van der Waals surface area contributed by atoms with Crippen molar-refractivity contribution in [3.05, 3.63) is 66.0 Å². The van der Waals surface area contributed by atoms with Gasteiger partial charge in [0.05, 0.1) is 24.2 Å². The fourth-order valence-electron chi connectivity index (χ4n) is 3.87. The van der Waals surface area contributed by atoms with E-state index < -0.39 is 0 Å². The minimum Gasteiger partial charge on any atom is -0.383 e. The maximum absolute atomic E-state index is 12.2. The molecule has 4 rings (SSSR count). The maximum atomic E-state index is 12.2. The molecular formula is C23H29N5O2. The third-order valence-electron chi connectivity index (χ3n) is 5.52. The Morgan fingerprint density at radius 1 is 1.00 bits per heavy atom. The first-order valence-electron chi connectivity index (χ1n) is 10.5. The number of imidazole rings is 1. The first kappa shape index (κ1) is 20.4. The van der Waals surface area contributed by atoms with E-state index in [1.54, 1.807) is 7.11 Å². The molecule has 0 spiro atoms. The standard InChI is InChI=1S/C23H29N5O2/c1-30-16-11-24-23(29)27-14-12-26(13-15-27)18-22-25-20-9-5-6-10-21(20)28(22)17-19-7-3-2-4-8-19/h2-10H,11-18H2,1H3,(H,24,29). The smallest absolute Gasteiger partial charge is 0.317 e. The number of hydrogen-bond acceptors (Lipinski definition) is 4. The van der Waals surface area contributed by atoms with Gasteiger partial charge in [0.15, 0.2) is 0 Å². The molecule has 0 radical (unpaired) electrons. The van der Waals surface area contributed by atoms with Crippen molar-refractivity contribution < 1.29 is 9.53 Å². The second-order valence-corrected chi connectivity index (χ2v) is 7.58. The molecule has 1 aliphatic rings. The summed E-state index contributed by atoms with van der Waals surface area (Å²) in [5.41, 5.74) is 3.45. The van der Waals surface area contributed by atoms with Gasteiger partial charge in [-0.1, -0.05) is 42.5 Å². The predicted molar refractivity (Wildman–Crippen MR) is 117 cm³/mol. The highest BCUT2D eigenvalue weighted by atomic mass is 16.5. The Morgan fingerprint density at radius 2 is 1.73 bits per heavy atom. The number of methoxy groups -OCH3 is 1. The average molecular weight is 408 g/mol. The van der Waals surface area contributed by atoms with E-state index >= 15 is 0 Å². The van der Waals surface area contributed by atoms with Gasteiger partial charge in [-0.25, -0.2) is 9.78 Å². The van der Waals surface area contributed by atoms with Crippen molar-refractivity contribution in [2.24, 2.45) is 0 Å². The van der Waals surface area contributed by atoms with E-state index in [4.69, 9.17) is 9.72 Å². The molecular weight excluding hydrogens is 378 g/mol. The molecule has 7 heteroatoms. The van der Waals surface area contributed by atoms with Crippen LogP contribution in [0.4, 0.5) is 4.79 Å². The number of carbonyl (C=O) groups is 1. The number of nitrogens with zero attached hydrogens (tertiary/aromatic N) is 4. The van der Waals surface area contributed by atoms with E-state index in [0.29, 0.717) is 13.2 Å². The molecule has 1 saturated heterocycles. The molecule has 0 unspecified atom stereocenters. The molecule has 0 bridgehead atoms. The van der Waals surface area contributed by atoms with Crippen molar-refractivity contribution in [1.82, 2.24) is 24.7 Å². The van der Waals surface area contributed by atoms with Crippen LogP contribution in [0.5, 0.6) is 0 Å². The topological polar surface area (TPSA) is 62.6 Å². The van der Waals surface area contributed by atoms with Gasteiger partial charge in [0.25, 0.3) is 0 Å². The Balaban J connectivity index is 1.43. The number of amides is 2. The quantitative estimate of drug-likeness (QED) is 0.612. The van der Waals surface area contributed by atoms with E-state index in [-0.39, 0.29) is 6.03 Å². The van der Waals surface area contributed by atoms with Gasteiger partial charge in [0.1, 0.15) is 5.82 Å². The summed E-state index contributed by atoms with van der Waals surface area (Å²) in [6.07, 6.45) is 0. The number of benzene rings is 2. The number of fused-ring (bicyclic) bond motifs is 1. The van der Waals surface area contributed by atoms with Crippen LogP contribution in [-0.2, 0) is 17.8 Å². The zero-order valence-electron chi connectivity index (χ0n) is 17.5. The molecule has 2 aromatic carbocycles. The number of ether oxygens (including phenoxy) is 1. The second kappa shape index (κ2) is 9.73. The Kier molecular flexibility index (Phi) is 6.61. The molecule has 1 N–H and O–H groups in total. The zero-order chi connectivity index (χ0) is 20.8. The monoisotopic (exact) mass is 407 g/mol. The minimum absolute atomic E-state index is 0.0111. The van der Waals surface area contributed by atoms with Gasteiger partial charge < -0.3 is 19.5 Å². The number of carbonyl (C=O) groups excluding carboxylic acids is 1. The Bertz CT molecular complexity index is 964. The fourth-order valence-corrected chi connectivity index (χ4v) is 3.87. The van der Waals surface area contributed by atoms with Crippen LogP contribution in [-0.4, -0.2) is 71.8 Å². The highest BCUT2D eigenvalue weighted by molar-refractivity contribution is 5.76. The van der Waals surface area contributed by atoms with Crippen LogP contribution in [0.3, 0.4) is 0 Å². The number of aromatic nitrogens is 2. The third kappa shape index (κ3) is 4.80. The molecule has 0 saturated carbocycles. The summed E-state index contributed by atoms with van der Waals surface area (Å²) in [4.78, 5) is 21.4. The second-order valence-electron chi connectivity index (χ2n) is 7.58. The molecule has 1 aromatic heterocycles. The molecule has 0 atom stereocenters. The predicted octanol–water partition coefficient (Wildman–Crippen LogP) is 2.56. The first-order valence-corrected chi connectivity index (χ1v) is 10.5. The van der Waals surface area contributed by atoms with E-state index in [1.165, 1.54) is 5.56 Å². The number of piperazine rings is 1. The maximum Gasteiger partial charge on any atom is 0.317 e. The van der Waals surface area contributed by atoms with Gasteiger partial charge in [0, 0.05) is 46.4 Å². The van der Waals surface area contributed by atoms with E-state index in [2.05, 4.69) is 57.2 Å². The molecule has 3 aromatic rings. The van der Waals surface area contributed by atoms with Crippen LogP contribution in [0.15, 0.2) is 54.6 Å². The van der Waals surface area contributed by atoms with Crippen LogP contribution >= 0.6 is 0 Å². The van der Waals surface area contributed by atoms with Crippen molar-refractivity contribution in [2.75, 3.05) is 46.4 Å². The Labute approximate surface area is 177 Å². The van der Waals surface area contributed by atoms with Crippen LogP contribution in [0.1, 0.15) is 11.4 Å². The summed E-state index contributed by atoms with van der Waals surface area (Å²) in [7, 11) is 1.63. The van der Waals surface area contributed by atoms with Gasteiger partial charge in [0.2, 0.25) is 0 Å². The fraction of sp³-hybridized carbons (Fsp3) is 0.391. The first-order chi connectivity index (χ1) is 14.7. The minimum atomic E-state index is -0.0111. The van der Waals surface area contributed by atoms with Crippen molar-refractivity contribution >= 4 is 17.1 Å². The molecule has 1 aliphatic heterocycles. The van der Waals surface area contributed by atoms with Crippen LogP contribution in [0.25, 0.3) is 11.0 Å². The van der Waals surface area contributed by atoms with Crippen molar-refractivity contribution in [1.29, 1.82) is 0 Å². The third-order valence-corrected chi connectivity index (χ3v) is 5.52. The lowest BCUT2D eigenvalue weighted by Gasteiger charge is -2.34. The summed E-state index contributed by atoms with van der Waals surface area (Å²) in [6.45, 7) is 5.77. The van der Waals surface area contributed by atoms with Crippen molar-refractivity contribution in [3.8, 4) is 0 Å². The summed E-state index contributed by atoms with van der Waals surface area (Å²) in [6, 6.07) is 18.8. The van der Waals surface area contributed by atoms with Crippen molar-refractivity contribution in [2.45, 2.75) is 13.1 Å². The SMILES string of the molecule is COCCNC(=O)N1CCN(Cc2nc3ccccc3n2Cc2ccccc2)CC1. The van der Waals surface area contributed by atoms with Gasteiger partial charge >= 0.3 is 6.03 Å². The summed E-state index contributed by atoms with van der Waals surface area (Å²) >= 11 is 0. The Morgan fingerprint density at radius 3 is 2.50 bits per heavy atom.